The minimum Gasteiger partial charge on any atom is -0.462 e. The Kier molecular flexibility index (Phi) is 3.66. The molecular weight excluding hydrogens is 328 g/mol. The molecule has 3 heterocycles. The molecule has 5 nitrogen and oxygen atoms in total. The standard InChI is InChI=1S/C21H26N2O3/c1-13(25)26-9-6-14-11-23-8-7-21-17-4-2-3-5-18(17)22-20(21)16(12-24)15(14)10-19(21)23/h2-6,15-16,19-20,22,24H,7-12H2,1H3. The lowest BCUT2D eigenvalue weighted by Gasteiger charge is -2.54. The maximum Gasteiger partial charge on any atom is 0.302 e. The molecule has 1 aromatic carbocycles. The first-order chi connectivity index (χ1) is 12.6. The zero-order valence-electron chi connectivity index (χ0n) is 15.1. The van der Waals surface area contributed by atoms with Gasteiger partial charge in [0.05, 0.1) is 0 Å². The number of fused-ring (bicyclic) bond motifs is 2. The molecule has 2 N–H and O–H groups in total. The van der Waals surface area contributed by atoms with Crippen molar-refractivity contribution >= 4 is 11.7 Å². The van der Waals surface area contributed by atoms with Gasteiger partial charge in [0.15, 0.2) is 0 Å². The normalized spacial score (nSPS) is 38.6. The SMILES string of the molecule is CC(=O)OCC=C1CN2CCC34c5ccccc5NC3C(CO)C1CC24. The van der Waals surface area contributed by atoms with Crippen LogP contribution in [0.25, 0.3) is 0 Å². The molecule has 5 heteroatoms. The van der Waals surface area contributed by atoms with E-state index in [1.807, 2.05) is 0 Å². The second-order valence-electron chi connectivity index (χ2n) is 8.21. The second kappa shape index (κ2) is 5.83. The topological polar surface area (TPSA) is 61.8 Å². The van der Waals surface area contributed by atoms with Crippen molar-refractivity contribution in [3.8, 4) is 0 Å². The molecular formula is C21H26N2O3. The Bertz CT molecular complexity index is 776. The number of rotatable bonds is 3. The van der Waals surface area contributed by atoms with E-state index in [0.29, 0.717) is 18.6 Å². The first kappa shape index (κ1) is 16.3. The molecule has 0 radical (unpaired) electrons. The van der Waals surface area contributed by atoms with Gasteiger partial charge in [-0.3, -0.25) is 9.69 Å². The number of piperidine rings is 1. The molecule has 0 amide bonds. The lowest BCUT2D eigenvalue weighted by molar-refractivity contribution is -0.139. The average molecular weight is 354 g/mol. The molecule has 1 spiro atoms. The van der Waals surface area contributed by atoms with Crippen LogP contribution in [0.15, 0.2) is 35.9 Å². The van der Waals surface area contributed by atoms with Crippen LogP contribution in [-0.4, -0.2) is 54.4 Å². The fourth-order valence-corrected chi connectivity index (χ4v) is 6.31. The number of aliphatic hydroxyl groups excluding tert-OH is 1. The van der Waals surface area contributed by atoms with Crippen molar-refractivity contribution < 1.29 is 14.6 Å². The molecule has 4 aliphatic rings. The zero-order chi connectivity index (χ0) is 17.9. The largest absolute Gasteiger partial charge is 0.462 e. The van der Waals surface area contributed by atoms with E-state index in [1.54, 1.807) is 0 Å². The minimum atomic E-state index is -0.244. The first-order valence-corrected chi connectivity index (χ1v) is 9.68. The number of esters is 1. The fraction of sp³-hybridized carbons (Fsp3) is 0.571. The number of benzene rings is 1. The summed E-state index contributed by atoms with van der Waals surface area (Å²) < 4.78 is 5.15. The number of hydrogen-bond acceptors (Lipinski definition) is 5. The van der Waals surface area contributed by atoms with Crippen LogP contribution in [-0.2, 0) is 14.9 Å². The number of aliphatic hydroxyl groups is 1. The summed E-state index contributed by atoms with van der Waals surface area (Å²) in [5.41, 5.74) is 4.15. The van der Waals surface area contributed by atoms with Gasteiger partial charge in [0.25, 0.3) is 0 Å². The molecule has 5 unspecified atom stereocenters. The average Bonchev–Trinajstić information content (AvgIpc) is 3.18. The Morgan fingerprint density at radius 1 is 1.46 bits per heavy atom. The van der Waals surface area contributed by atoms with Crippen molar-refractivity contribution in [1.29, 1.82) is 0 Å². The summed E-state index contributed by atoms with van der Waals surface area (Å²) in [6, 6.07) is 9.51. The maximum absolute atomic E-state index is 11.1. The van der Waals surface area contributed by atoms with E-state index in [2.05, 4.69) is 40.6 Å². The number of anilines is 1. The van der Waals surface area contributed by atoms with Gasteiger partial charge in [0.2, 0.25) is 0 Å². The highest BCUT2D eigenvalue weighted by molar-refractivity contribution is 5.66. The number of nitrogens with zero attached hydrogens (tertiary/aromatic N) is 1. The van der Waals surface area contributed by atoms with Gasteiger partial charge in [-0.05, 0) is 43.0 Å². The summed E-state index contributed by atoms with van der Waals surface area (Å²) in [5.74, 6) is 0.309. The third kappa shape index (κ3) is 2.07. The maximum atomic E-state index is 11.1. The first-order valence-electron chi connectivity index (χ1n) is 9.68. The van der Waals surface area contributed by atoms with Crippen LogP contribution in [0, 0.1) is 11.8 Å². The molecule has 0 aromatic heterocycles. The third-order valence-electron chi connectivity index (χ3n) is 7.27. The van der Waals surface area contributed by atoms with Gasteiger partial charge in [-0.15, -0.1) is 0 Å². The highest BCUT2D eigenvalue weighted by atomic mass is 16.5. The highest BCUT2D eigenvalue weighted by Crippen LogP contribution is 2.60. The third-order valence-corrected chi connectivity index (χ3v) is 7.27. The summed E-state index contributed by atoms with van der Waals surface area (Å²) >= 11 is 0. The second-order valence-corrected chi connectivity index (χ2v) is 8.21. The molecule has 2 bridgehead atoms. The van der Waals surface area contributed by atoms with Gasteiger partial charge >= 0.3 is 5.97 Å². The van der Waals surface area contributed by atoms with Crippen molar-refractivity contribution in [2.24, 2.45) is 11.8 Å². The number of para-hydroxylation sites is 1. The summed E-state index contributed by atoms with van der Waals surface area (Å²) in [4.78, 5) is 13.7. The fourth-order valence-electron chi connectivity index (χ4n) is 6.31. The number of hydrogen-bond donors (Lipinski definition) is 2. The van der Waals surface area contributed by atoms with E-state index in [-0.39, 0.29) is 30.0 Å². The zero-order valence-corrected chi connectivity index (χ0v) is 15.1. The summed E-state index contributed by atoms with van der Waals surface area (Å²) in [6.45, 7) is 3.99. The van der Waals surface area contributed by atoms with E-state index >= 15 is 0 Å². The Hall–Kier alpha value is -1.85. The molecule has 1 aliphatic carbocycles. The molecule has 5 rings (SSSR count). The van der Waals surface area contributed by atoms with Gasteiger partial charge < -0.3 is 15.2 Å². The highest BCUT2D eigenvalue weighted by Gasteiger charge is 2.65. The van der Waals surface area contributed by atoms with E-state index < -0.39 is 0 Å². The molecule has 26 heavy (non-hydrogen) atoms. The smallest absolute Gasteiger partial charge is 0.302 e. The molecule has 138 valence electrons. The number of nitrogens with one attached hydrogen (secondary N) is 1. The molecule has 5 atom stereocenters. The van der Waals surface area contributed by atoms with Crippen molar-refractivity contribution in [3.63, 3.8) is 0 Å². The van der Waals surface area contributed by atoms with Gasteiger partial charge in [0, 0.05) is 49.2 Å². The molecule has 2 saturated heterocycles. The van der Waals surface area contributed by atoms with E-state index in [0.717, 1.165) is 25.9 Å². The molecule has 3 aliphatic heterocycles. The van der Waals surface area contributed by atoms with Crippen LogP contribution in [0.1, 0.15) is 25.3 Å². The van der Waals surface area contributed by atoms with Gasteiger partial charge in [-0.1, -0.05) is 23.8 Å². The number of carbonyl (C=O) groups is 1. The predicted octanol–water partition coefficient (Wildman–Crippen LogP) is 1.92. The van der Waals surface area contributed by atoms with Crippen LogP contribution in [0.4, 0.5) is 5.69 Å². The van der Waals surface area contributed by atoms with Crippen LogP contribution < -0.4 is 5.32 Å². The molecule has 3 fully saturated rings. The Morgan fingerprint density at radius 2 is 2.31 bits per heavy atom. The lowest BCUT2D eigenvalue weighted by atomic mass is 9.56. The number of ether oxygens (including phenoxy) is 1. The van der Waals surface area contributed by atoms with Crippen molar-refractivity contribution in [2.75, 3.05) is 31.6 Å². The van der Waals surface area contributed by atoms with Gasteiger partial charge in [-0.25, -0.2) is 0 Å². The van der Waals surface area contributed by atoms with Crippen molar-refractivity contribution in [3.05, 3.63) is 41.5 Å². The lowest BCUT2D eigenvalue weighted by Crippen LogP contribution is -2.62. The number of carbonyl (C=O) groups excluding carboxylic acids is 1. The molecule has 1 saturated carbocycles. The van der Waals surface area contributed by atoms with E-state index in [1.165, 1.54) is 23.7 Å². The van der Waals surface area contributed by atoms with E-state index in [9.17, 15) is 9.90 Å². The van der Waals surface area contributed by atoms with Crippen LogP contribution in [0.2, 0.25) is 0 Å². The van der Waals surface area contributed by atoms with Crippen molar-refractivity contribution in [2.45, 2.75) is 37.3 Å². The van der Waals surface area contributed by atoms with Crippen LogP contribution in [0.3, 0.4) is 0 Å². The van der Waals surface area contributed by atoms with Gasteiger partial charge in [-0.2, -0.15) is 0 Å². The quantitative estimate of drug-likeness (QED) is 0.642. The Balaban J connectivity index is 1.54. The minimum absolute atomic E-state index is 0.127. The van der Waals surface area contributed by atoms with Crippen LogP contribution in [0.5, 0.6) is 0 Å². The predicted molar refractivity (Wildman–Crippen MR) is 98.9 cm³/mol. The summed E-state index contributed by atoms with van der Waals surface area (Å²) in [6.07, 6.45) is 4.31. The van der Waals surface area contributed by atoms with Crippen molar-refractivity contribution in [1.82, 2.24) is 4.90 Å². The Morgan fingerprint density at radius 3 is 3.12 bits per heavy atom. The summed E-state index contributed by atoms with van der Waals surface area (Å²) in [5, 5.41) is 14.1. The van der Waals surface area contributed by atoms with Gasteiger partial charge in [0.1, 0.15) is 6.61 Å². The molecule has 1 aromatic rings. The Labute approximate surface area is 154 Å². The van der Waals surface area contributed by atoms with Crippen LogP contribution >= 0.6 is 0 Å². The summed E-state index contributed by atoms with van der Waals surface area (Å²) in [7, 11) is 0. The monoisotopic (exact) mass is 354 g/mol. The van der Waals surface area contributed by atoms with E-state index in [4.69, 9.17) is 4.74 Å².